The third-order valence-corrected chi connectivity index (χ3v) is 6.08. The van der Waals surface area contributed by atoms with Gasteiger partial charge in [0.05, 0.1) is 11.4 Å². The van der Waals surface area contributed by atoms with Gasteiger partial charge in [-0.05, 0) is 54.1 Å². The van der Waals surface area contributed by atoms with Gasteiger partial charge < -0.3 is 5.32 Å². The van der Waals surface area contributed by atoms with E-state index >= 15 is 0 Å². The number of nitrogens with one attached hydrogen (secondary N) is 1. The number of piperazine rings is 1. The van der Waals surface area contributed by atoms with Crippen LogP contribution in [0.5, 0.6) is 0 Å². The lowest BCUT2D eigenvalue weighted by molar-refractivity contribution is 0.131. The Morgan fingerprint density at radius 1 is 1.41 bits per heavy atom. The molecular weight excluding hydrogens is 406 g/mol. The lowest BCUT2D eigenvalue weighted by atomic mass is 10.1. The summed E-state index contributed by atoms with van der Waals surface area (Å²) in [6.45, 7) is 8.16. The van der Waals surface area contributed by atoms with Crippen LogP contribution in [0.25, 0.3) is 11.0 Å². The molecule has 0 spiro atoms. The quantitative estimate of drug-likeness (QED) is 0.757. The molecule has 7 heteroatoms. The Balaban J connectivity index is 1.83. The number of rotatable bonds is 6. The Morgan fingerprint density at radius 2 is 2.22 bits per heavy atom. The van der Waals surface area contributed by atoms with E-state index in [1.54, 1.807) is 6.20 Å². The molecular formula is C20H28BrN5O. The normalized spacial score (nSPS) is 22.3. The van der Waals surface area contributed by atoms with E-state index in [1.807, 2.05) is 10.6 Å². The molecule has 0 radical (unpaired) electrons. The summed E-state index contributed by atoms with van der Waals surface area (Å²) < 4.78 is 2.78. The molecule has 0 amide bonds. The predicted molar refractivity (Wildman–Crippen MR) is 111 cm³/mol. The molecule has 1 saturated carbocycles. The molecule has 1 unspecified atom stereocenters. The van der Waals surface area contributed by atoms with Crippen LogP contribution in [0.15, 0.2) is 21.5 Å². The van der Waals surface area contributed by atoms with Crippen LogP contribution in [0.4, 0.5) is 0 Å². The first kappa shape index (κ1) is 19.0. The standard InChI is InChI=1S/C20H28BrN5O/c1-3-4-17(25-8-7-22-13(2)11-25)19-24-18-16(9-15(21)10-23-18)20(27)26(19)12-14-5-6-14/h9-10,13-14,17,22H,3-8,11-12H2,1-2H3/t13-,17?/m0/s1. The number of hydrogen-bond acceptors (Lipinski definition) is 5. The maximum Gasteiger partial charge on any atom is 0.263 e. The largest absolute Gasteiger partial charge is 0.312 e. The molecule has 1 aliphatic heterocycles. The van der Waals surface area contributed by atoms with E-state index in [0.717, 1.165) is 49.3 Å². The van der Waals surface area contributed by atoms with Crippen molar-refractivity contribution >= 4 is 27.0 Å². The summed E-state index contributed by atoms with van der Waals surface area (Å²) in [7, 11) is 0. The second-order valence-corrected chi connectivity index (χ2v) is 8.92. The molecule has 146 valence electrons. The molecule has 27 heavy (non-hydrogen) atoms. The number of pyridine rings is 1. The van der Waals surface area contributed by atoms with Gasteiger partial charge in [0.15, 0.2) is 5.65 Å². The molecule has 1 aliphatic carbocycles. The molecule has 2 fully saturated rings. The Kier molecular flexibility index (Phi) is 5.62. The summed E-state index contributed by atoms with van der Waals surface area (Å²) in [4.78, 5) is 25.2. The van der Waals surface area contributed by atoms with Gasteiger partial charge in [-0.25, -0.2) is 9.97 Å². The van der Waals surface area contributed by atoms with E-state index in [1.165, 1.54) is 12.8 Å². The molecule has 2 aliphatic rings. The van der Waals surface area contributed by atoms with Crippen LogP contribution in [0.3, 0.4) is 0 Å². The Morgan fingerprint density at radius 3 is 2.93 bits per heavy atom. The van der Waals surface area contributed by atoms with E-state index in [9.17, 15) is 4.79 Å². The SMILES string of the molecule is CCCC(c1nc2ncc(Br)cc2c(=O)n1CC1CC1)N1CCN[C@@H](C)C1. The van der Waals surface area contributed by atoms with Gasteiger partial charge in [-0.2, -0.15) is 0 Å². The van der Waals surface area contributed by atoms with Crippen LogP contribution in [-0.2, 0) is 6.54 Å². The smallest absolute Gasteiger partial charge is 0.263 e. The minimum atomic E-state index is 0.0555. The molecule has 1 saturated heterocycles. The molecule has 4 rings (SSSR count). The van der Waals surface area contributed by atoms with Gasteiger partial charge in [0.1, 0.15) is 5.82 Å². The number of nitrogens with zero attached hydrogens (tertiary/aromatic N) is 4. The highest BCUT2D eigenvalue weighted by Gasteiger charge is 2.31. The van der Waals surface area contributed by atoms with E-state index < -0.39 is 0 Å². The lowest BCUT2D eigenvalue weighted by Crippen LogP contribution is -2.51. The van der Waals surface area contributed by atoms with Crippen molar-refractivity contribution in [2.45, 2.75) is 58.2 Å². The summed E-state index contributed by atoms with van der Waals surface area (Å²) in [5.74, 6) is 1.52. The zero-order valence-electron chi connectivity index (χ0n) is 16.1. The first-order chi connectivity index (χ1) is 13.1. The molecule has 2 aromatic rings. The second kappa shape index (κ2) is 7.97. The van der Waals surface area contributed by atoms with Gasteiger partial charge in [0, 0.05) is 42.9 Å². The van der Waals surface area contributed by atoms with Gasteiger partial charge >= 0.3 is 0 Å². The molecule has 1 N–H and O–H groups in total. The zero-order valence-corrected chi connectivity index (χ0v) is 17.7. The minimum Gasteiger partial charge on any atom is -0.312 e. The highest BCUT2D eigenvalue weighted by molar-refractivity contribution is 9.10. The van der Waals surface area contributed by atoms with Crippen LogP contribution < -0.4 is 10.9 Å². The maximum atomic E-state index is 13.4. The molecule has 3 heterocycles. The number of hydrogen-bond donors (Lipinski definition) is 1. The van der Waals surface area contributed by atoms with Crippen molar-refractivity contribution in [1.29, 1.82) is 0 Å². The summed E-state index contributed by atoms with van der Waals surface area (Å²) >= 11 is 3.44. The van der Waals surface area contributed by atoms with Crippen molar-refractivity contribution in [3.8, 4) is 0 Å². The Hall–Kier alpha value is -1.31. The van der Waals surface area contributed by atoms with Crippen molar-refractivity contribution in [3.63, 3.8) is 0 Å². The van der Waals surface area contributed by atoms with Gasteiger partial charge in [-0.15, -0.1) is 0 Å². The lowest BCUT2D eigenvalue weighted by Gasteiger charge is -2.38. The first-order valence-corrected chi connectivity index (χ1v) is 10.9. The van der Waals surface area contributed by atoms with Gasteiger partial charge in [0.25, 0.3) is 5.56 Å². The molecule has 6 nitrogen and oxygen atoms in total. The third-order valence-electron chi connectivity index (χ3n) is 5.64. The van der Waals surface area contributed by atoms with E-state index in [-0.39, 0.29) is 11.6 Å². The molecule has 0 bridgehead atoms. The average Bonchev–Trinajstić information content (AvgIpc) is 3.47. The van der Waals surface area contributed by atoms with Gasteiger partial charge in [-0.1, -0.05) is 13.3 Å². The van der Waals surface area contributed by atoms with Gasteiger partial charge in [-0.3, -0.25) is 14.3 Å². The molecule has 2 aromatic heterocycles. The van der Waals surface area contributed by atoms with Crippen molar-refractivity contribution in [3.05, 3.63) is 32.9 Å². The Labute approximate surface area is 168 Å². The fraction of sp³-hybridized carbons (Fsp3) is 0.650. The highest BCUT2D eigenvalue weighted by atomic mass is 79.9. The molecule has 2 atom stereocenters. The average molecular weight is 434 g/mol. The van der Waals surface area contributed by atoms with Crippen LogP contribution in [-0.4, -0.2) is 45.1 Å². The van der Waals surface area contributed by atoms with Gasteiger partial charge in [0.2, 0.25) is 0 Å². The minimum absolute atomic E-state index is 0.0555. The second-order valence-electron chi connectivity index (χ2n) is 8.01. The van der Waals surface area contributed by atoms with Crippen LogP contribution >= 0.6 is 15.9 Å². The maximum absolute atomic E-state index is 13.4. The number of fused-ring (bicyclic) bond motifs is 1. The van der Waals surface area contributed by atoms with Crippen molar-refractivity contribution in [2.24, 2.45) is 5.92 Å². The van der Waals surface area contributed by atoms with Crippen molar-refractivity contribution in [1.82, 2.24) is 24.8 Å². The number of aromatic nitrogens is 3. The summed E-state index contributed by atoms with van der Waals surface area (Å²) in [5.41, 5.74) is 0.620. The highest BCUT2D eigenvalue weighted by Crippen LogP contribution is 2.33. The third kappa shape index (κ3) is 4.10. The van der Waals surface area contributed by atoms with Crippen molar-refractivity contribution in [2.75, 3.05) is 19.6 Å². The van der Waals surface area contributed by atoms with E-state index in [2.05, 4.69) is 45.0 Å². The van der Waals surface area contributed by atoms with Crippen LogP contribution in [0.1, 0.15) is 51.4 Å². The monoisotopic (exact) mass is 433 g/mol. The molecule has 0 aromatic carbocycles. The Bertz CT molecular complexity index is 879. The predicted octanol–water partition coefficient (Wildman–Crippen LogP) is 3.10. The fourth-order valence-corrected chi connectivity index (χ4v) is 4.41. The first-order valence-electron chi connectivity index (χ1n) is 10.1. The summed E-state index contributed by atoms with van der Waals surface area (Å²) in [5, 5.41) is 4.13. The topological polar surface area (TPSA) is 63.1 Å². The van der Waals surface area contributed by atoms with Crippen LogP contribution in [0, 0.1) is 5.92 Å². The summed E-state index contributed by atoms with van der Waals surface area (Å²) in [6.07, 6.45) is 6.22. The van der Waals surface area contributed by atoms with Crippen molar-refractivity contribution < 1.29 is 0 Å². The number of halogens is 1. The summed E-state index contributed by atoms with van der Waals surface area (Å²) in [6, 6.07) is 2.48. The zero-order chi connectivity index (χ0) is 19.0. The van der Waals surface area contributed by atoms with Crippen LogP contribution in [0.2, 0.25) is 0 Å². The van der Waals surface area contributed by atoms with E-state index in [0.29, 0.717) is 23.0 Å². The van der Waals surface area contributed by atoms with E-state index in [4.69, 9.17) is 4.98 Å². The fourth-order valence-electron chi connectivity index (χ4n) is 4.08.